The minimum absolute atomic E-state index is 0.568. The van der Waals surface area contributed by atoms with Gasteiger partial charge >= 0.3 is 0 Å². The van der Waals surface area contributed by atoms with Gasteiger partial charge in [0.1, 0.15) is 35.0 Å². The zero-order valence-electron chi connectivity index (χ0n) is 18.3. The smallest absolute Gasteiger partial charge is 0.148 e. The molecule has 3 aromatic carbocycles. The van der Waals surface area contributed by atoms with E-state index in [0.717, 1.165) is 27.9 Å². The summed E-state index contributed by atoms with van der Waals surface area (Å²) in [5.74, 6) is 2.50. The Balaban J connectivity index is 1.51. The van der Waals surface area contributed by atoms with E-state index in [1.54, 1.807) is 26.5 Å². The maximum Gasteiger partial charge on any atom is 0.148 e. The molecule has 0 spiro atoms. The summed E-state index contributed by atoms with van der Waals surface area (Å²) in [6, 6.07) is 16.8. The highest BCUT2D eigenvalue weighted by Gasteiger charge is 2.14. The van der Waals surface area contributed by atoms with Crippen molar-refractivity contribution >= 4 is 45.6 Å². The van der Waals surface area contributed by atoms with Gasteiger partial charge in [0.2, 0.25) is 0 Å². The topological polar surface area (TPSA) is 84.9 Å². The van der Waals surface area contributed by atoms with E-state index in [-0.39, 0.29) is 0 Å². The SMILES string of the molecule is COc1cc(OC)c2ncnc(Nc3ccc(Cl)c(-c4ncc(-c5ccc(Cl)cc5)[nH]4)c3)c2c1. The van der Waals surface area contributed by atoms with Gasteiger partial charge in [0.25, 0.3) is 0 Å². The average Bonchev–Trinajstić information content (AvgIpc) is 3.35. The van der Waals surface area contributed by atoms with Crippen molar-refractivity contribution in [1.82, 2.24) is 19.9 Å². The first kappa shape index (κ1) is 22.0. The molecule has 0 saturated carbocycles. The molecule has 0 atom stereocenters. The Hall–Kier alpha value is -3.81. The number of rotatable bonds is 6. The van der Waals surface area contributed by atoms with Gasteiger partial charge in [0, 0.05) is 22.3 Å². The first-order chi connectivity index (χ1) is 16.6. The maximum atomic E-state index is 6.52. The van der Waals surface area contributed by atoms with Gasteiger partial charge in [0.05, 0.1) is 36.5 Å². The van der Waals surface area contributed by atoms with E-state index in [1.165, 1.54) is 6.33 Å². The largest absolute Gasteiger partial charge is 0.497 e. The van der Waals surface area contributed by atoms with Crippen molar-refractivity contribution in [1.29, 1.82) is 0 Å². The second-order valence-corrected chi connectivity index (χ2v) is 8.26. The van der Waals surface area contributed by atoms with Gasteiger partial charge in [-0.05, 0) is 42.0 Å². The number of fused-ring (bicyclic) bond motifs is 1. The highest BCUT2D eigenvalue weighted by atomic mass is 35.5. The molecule has 9 heteroatoms. The van der Waals surface area contributed by atoms with Crippen LogP contribution in [0, 0.1) is 0 Å². The molecule has 0 saturated heterocycles. The van der Waals surface area contributed by atoms with Crippen LogP contribution in [0.2, 0.25) is 10.0 Å². The van der Waals surface area contributed by atoms with Crippen molar-refractivity contribution in [2.75, 3.05) is 19.5 Å². The number of H-pyrrole nitrogens is 1. The number of ether oxygens (including phenoxy) is 2. The Bertz CT molecular complexity index is 1490. The van der Waals surface area contributed by atoms with Crippen LogP contribution in [0.25, 0.3) is 33.5 Å². The predicted octanol–water partition coefficient (Wildman–Crippen LogP) is 6.75. The summed E-state index contributed by atoms with van der Waals surface area (Å²) in [7, 11) is 3.20. The minimum atomic E-state index is 0.568. The van der Waals surface area contributed by atoms with Crippen molar-refractivity contribution in [2.24, 2.45) is 0 Å². The average molecular weight is 492 g/mol. The maximum absolute atomic E-state index is 6.52. The van der Waals surface area contributed by atoms with E-state index >= 15 is 0 Å². The predicted molar refractivity (Wildman–Crippen MR) is 135 cm³/mol. The van der Waals surface area contributed by atoms with E-state index in [0.29, 0.717) is 38.7 Å². The second kappa shape index (κ2) is 9.21. The molecule has 0 amide bonds. The van der Waals surface area contributed by atoms with Crippen LogP contribution in [-0.2, 0) is 0 Å². The lowest BCUT2D eigenvalue weighted by atomic mass is 10.1. The van der Waals surface area contributed by atoms with Crippen LogP contribution in [-0.4, -0.2) is 34.2 Å². The molecule has 34 heavy (non-hydrogen) atoms. The zero-order chi connectivity index (χ0) is 23.7. The molecule has 0 aliphatic rings. The first-order valence-electron chi connectivity index (χ1n) is 10.3. The lowest BCUT2D eigenvalue weighted by Gasteiger charge is -2.13. The molecular formula is C25H19Cl2N5O2. The third-order valence-electron chi connectivity index (χ3n) is 5.35. The number of nitrogens with zero attached hydrogens (tertiary/aromatic N) is 3. The van der Waals surface area contributed by atoms with Crippen molar-refractivity contribution in [2.45, 2.75) is 0 Å². The lowest BCUT2D eigenvalue weighted by molar-refractivity contribution is 0.397. The van der Waals surface area contributed by atoms with Crippen molar-refractivity contribution in [3.05, 3.63) is 77.2 Å². The minimum Gasteiger partial charge on any atom is -0.497 e. The fraction of sp³-hybridized carbons (Fsp3) is 0.0800. The van der Waals surface area contributed by atoms with E-state index in [1.807, 2.05) is 48.5 Å². The van der Waals surface area contributed by atoms with Crippen LogP contribution in [0.3, 0.4) is 0 Å². The summed E-state index contributed by atoms with van der Waals surface area (Å²) in [5.41, 5.74) is 4.05. The highest BCUT2D eigenvalue weighted by Crippen LogP contribution is 2.35. The van der Waals surface area contributed by atoms with Crippen LogP contribution >= 0.6 is 23.2 Å². The third-order valence-corrected chi connectivity index (χ3v) is 5.93. The summed E-state index contributed by atoms with van der Waals surface area (Å²) in [6.45, 7) is 0. The number of hydrogen-bond acceptors (Lipinski definition) is 6. The van der Waals surface area contributed by atoms with Crippen molar-refractivity contribution in [3.63, 3.8) is 0 Å². The fourth-order valence-electron chi connectivity index (χ4n) is 3.64. The third kappa shape index (κ3) is 4.23. The molecule has 7 nitrogen and oxygen atoms in total. The summed E-state index contributed by atoms with van der Waals surface area (Å²) >= 11 is 12.5. The number of benzene rings is 3. The molecule has 170 valence electrons. The van der Waals surface area contributed by atoms with Gasteiger partial charge in [0.15, 0.2) is 0 Å². The van der Waals surface area contributed by atoms with E-state index < -0.39 is 0 Å². The van der Waals surface area contributed by atoms with Gasteiger partial charge in [-0.2, -0.15) is 0 Å². The summed E-state index contributed by atoms with van der Waals surface area (Å²) in [4.78, 5) is 16.7. The number of aromatic nitrogens is 4. The number of nitrogens with one attached hydrogen (secondary N) is 2. The zero-order valence-corrected chi connectivity index (χ0v) is 19.8. The monoisotopic (exact) mass is 491 g/mol. The van der Waals surface area contributed by atoms with Crippen molar-refractivity contribution < 1.29 is 9.47 Å². The van der Waals surface area contributed by atoms with Crippen LogP contribution < -0.4 is 14.8 Å². The Labute approximate surface area is 205 Å². The molecule has 2 N–H and O–H groups in total. The highest BCUT2D eigenvalue weighted by molar-refractivity contribution is 6.33. The Morgan fingerprint density at radius 1 is 0.882 bits per heavy atom. The standard InChI is InChI=1S/C25H19Cl2N5O2/c1-33-17-10-19-23(22(11-17)34-2)29-13-30-25(19)31-16-7-8-20(27)18(9-16)24-28-12-21(32-24)14-3-5-15(26)6-4-14/h3-13H,1-2H3,(H,28,32)(H,29,30,31). The van der Waals surface area contributed by atoms with Crippen LogP contribution in [0.15, 0.2) is 67.1 Å². The molecular weight excluding hydrogens is 473 g/mol. The lowest BCUT2D eigenvalue weighted by Crippen LogP contribution is -1.99. The number of imidazole rings is 1. The van der Waals surface area contributed by atoms with Crippen LogP contribution in [0.5, 0.6) is 11.5 Å². The van der Waals surface area contributed by atoms with Gasteiger partial charge in [-0.25, -0.2) is 15.0 Å². The first-order valence-corrected chi connectivity index (χ1v) is 11.1. The summed E-state index contributed by atoms with van der Waals surface area (Å²) in [5, 5.41) is 5.36. The molecule has 0 radical (unpaired) electrons. The Morgan fingerprint density at radius 2 is 1.71 bits per heavy atom. The molecule has 0 aliphatic carbocycles. The number of halogens is 2. The number of methoxy groups -OCH3 is 2. The van der Waals surface area contributed by atoms with Gasteiger partial charge in [-0.1, -0.05) is 35.3 Å². The van der Waals surface area contributed by atoms with Gasteiger partial charge < -0.3 is 19.8 Å². The Morgan fingerprint density at radius 3 is 2.47 bits per heavy atom. The van der Waals surface area contributed by atoms with E-state index in [9.17, 15) is 0 Å². The Kier molecular flexibility index (Phi) is 5.96. The van der Waals surface area contributed by atoms with Crippen LogP contribution in [0.1, 0.15) is 0 Å². The molecule has 0 unspecified atom stereocenters. The molecule has 0 aliphatic heterocycles. The van der Waals surface area contributed by atoms with E-state index in [2.05, 4.69) is 25.3 Å². The van der Waals surface area contributed by atoms with Gasteiger partial charge in [-0.3, -0.25) is 0 Å². The molecule has 5 rings (SSSR count). The normalized spacial score (nSPS) is 10.9. The fourth-order valence-corrected chi connectivity index (χ4v) is 3.97. The second-order valence-electron chi connectivity index (χ2n) is 7.42. The molecule has 0 fully saturated rings. The summed E-state index contributed by atoms with van der Waals surface area (Å²) in [6.07, 6.45) is 3.26. The van der Waals surface area contributed by atoms with Crippen molar-refractivity contribution in [3.8, 4) is 34.1 Å². The quantitative estimate of drug-likeness (QED) is 0.273. The summed E-state index contributed by atoms with van der Waals surface area (Å²) < 4.78 is 10.9. The number of anilines is 2. The molecule has 2 heterocycles. The molecule has 5 aromatic rings. The molecule has 0 bridgehead atoms. The van der Waals surface area contributed by atoms with Gasteiger partial charge in [-0.15, -0.1) is 0 Å². The van der Waals surface area contributed by atoms with E-state index in [4.69, 9.17) is 32.7 Å². The number of aromatic amines is 1. The van der Waals surface area contributed by atoms with Crippen LogP contribution in [0.4, 0.5) is 11.5 Å². The molecule has 2 aromatic heterocycles. The number of hydrogen-bond donors (Lipinski definition) is 2.